The number of ether oxygens (including phenoxy) is 2. The SMILES string of the molecule is C[C@@H](COC(=O)C(C)(C)C)NP(=O)(OC[C@H]1O[C@]2(c3ccc4c(N)ncnn34)C[C@@]2(O)[C@@H]1O)Oc1ccccc1. The summed E-state index contributed by atoms with van der Waals surface area (Å²) in [4.78, 5) is 16.2. The van der Waals surface area contributed by atoms with Crippen molar-refractivity contribution in [3.05, 3.63) is 54.5 Å². The van der Waals surface area contributed by atoms with Crippen LogP contribution in [0.1, 0.15) is 39.8 Å². The van der Waals surface area contributed by atoms with Gasteiger partial charge in [0.1, 0.15) is 47.6 Å². The van der Waals surface area contributed by atoms with Crippen molar-refractivity contribution in [2.45, 2.75) is 63.6 Å². The number of para-hydroxylation sites is 1. The van der Waals surface area contributed by atoms with Gasteiger partial charge >= 0.3 is 13.7 Å². The van der Waals surface area contributed by atoms with E-state index >= 15 is 0 Å². The molecule has 1 aliphatic heterocycles. The number of aliphatic hydroxyl groups is 2. The predicted octanol–water partition coefficient (Wildman–Crippen LogP) is 2.17. The number of esters is 1. The van der Waals surface area contributed by atoms with E-state index in [1.165, 1.54) is 10.8 Å². The molecule has 3 heterocycles. The number of aliphatic hydroxyl groups excluding tert-OH is 1. The number of benzene rings is 1. The highest BCUT2D eigenvalue weighted by atomic mass is 31.2. The van der Waals surface area contributed by atoms with Crippen molar-refractivity contribution in [2.24, 2.45) is 5.41 Å². The summed E-state index contributed by atoms with van der Waals surface area (Å²) in [6.45, 7) is 6.40. The highest BCUT2D eigenvalue weighted by molar-refractivity contribution is 7.52. The summed E-state index contributed by atoms with van der Waals surface area (Å²) in [6.07, 6.45) is -0.988. The number of nitrogen functional groups attached to an aromatic ring is 1. The molecule has 1 aromatic carbocycles. The van der Waals surface area contributed by atoms with Gasteiger partial charge in [-0.2, -0.15) is 5.10 Å². The zero-order valence-electron chi connectivity index (χ0n) is 22.7. The van der Waals surface area contributed by atoms with E-state index in [-0.39, 0.29) is 31.2 Å². The minimum absolute atomic E-state index is 0.0840. The molecular formula is C26H34N5O8P. The number of hydrogen-bond donors (Lipinski definition) is 4. The van der Waals surface area contributed by atoms with Crippen LogP contribution in [-0.4, -0.2) is 67.8 Å². The highest BCUT2D eigenvalue weighted by Crippen LogP contribution is 2.66. The summed E-state index contributed by atoms with van der Waals surface area (Å²) < 4.78 is 38.4. The number of carbonyl (C=O) groups excluding carboxylic acids is 1. The minimum atomic E-state index is -4.09. The Hall–Kier alpha value is -3.06. The lowest BCUT2D eigenvalue weighted by Crippen LogP contribution is -2.39. The van der Waals surface area contributed by atoms with Crippen molar-refractivity contribution in [3.63, 3.8) is 0 Å². The first kappa shape index (κ1) is 28.5. The Labute approximate surface area is 231 Å². The molecule has 13 nitrogen and oxygen atoms in total. The number of rotatable bonds is 10. The van der Waals surface area contributed by atoms with Crippen LogP contribution in [0.4, 0.5) is 5.82 Å². The van der Waals surface area contributed by atoms with Crippen molar-refractivity contribution < 1.29 is 38.1 Å². The molecule has 1 unspecified atom stereocenters. The third kappa shape index (κ3) is 5.09. The smallest absolute Gasteiger partial charge is 0.459 e. The molecule has 0 amide bonds. The Balaban J connectivity index is 1.31. The van der Waals surface area contributed by atoms with Crippen LogP contribution in [0.25, 0.3) is 5.52 Å². The molecule has 0 spiro atoms. The zero-order valence-corrected chi connectivity index (χ0v) is 23.6. The Morgan fingerprint density at radius 3 is 2.73 bits per heavy atom. The molecule has 5 rings (SSSR count). The molecule has 14 heteroatoms. The van der Waals surface area contributed by atoms with Gasteiger partial charge in [0, 0.05) is 12.5 Å². The summed E-state index contributed by atoms with van der Waals surface area (Å²) in [5.41, 5.74) is 3.40. The van der Waals surface area contributed by atoms with Crippen LogP contribution < -0.4 is 15.3 Å². The lowest BCUT2D eigenvalue weighted by atomic mass is 9.97. The first-order valence-corrected chi connectivity index (χ1v) is 14.4. The molecule has 6 atom stereocenters. The molecule has 216 valence electrons. The Morgan fingerprint density at radius 1 is 1.30 bits per heavy atom. The maximum atomic E-state index is 13.9. The molecule has 2 aliphatic rings. The standard InChI is InChI=1S/C26H34N5O8P/c1-16(12-36-23(33)24(2,3)4)30-40(35,39-17-8-6-5-7-9-17)37-13-19-21(32)25(34)14-26(25,38-19)20-11-10-18-22(27)28-15-29-31(18)20/h5-11,15-16,19,21,32,34H,12-14H2,1-4H3,(H,30,35)(H2,27,28,29)/t16-,19+,21+,25+,26-,40?/m0/s1. The minimum Gasteiger partial charge on any atom is -0.464 e. The van der Waals surface area contributed by atoms with Gasteiger partial charge < -0.3 is 29.9 Å². The van der Waals surface area contributed by atoms with Gasteiger partial charge in [-0.15, -0.1) is 0 Å². The van der Waals surface area contributed by atoms with Crippen molar-refractivity contribution in [1.82, 2.24) is 19.7 Å². The van der Waals surface area contributed by atoms with Crippen LogP contribution in [-0.2, 0) is 29.0 Å². The van der Waals surface area contributed by atoms with E-state index in [1.54, 1.807) is 70.2 Å². The number of carbonyl (C=O) groups is 1. The molecule has 1 saturated heterocycles. The van der Waals surface area contributed by atoms with Crippen molar-refractivity contribution in [1.29, 1.82) is 0 Å². The number of fused-ring (bicyclic) bond motifs is 2. The topological polar surface area (TPSA) is 180 Å². The molecule has 0 bridgehead atoms. The van der Waals surface area contributed by atoms with Crippen LogP contribution >= 0.6 is 7.75 Å². The number of anilines is 1. The third-order valence-electron chi connectivity index (χ3n) is 7.02. The molecule has 5 N–H and O–H groups in total. The summed E-state index contributed by atoms with van der Waals surface area (Å²) in [6, 6.07) is 11.2. The lowest BCUT2D eigenvalue weighted by molar-refractivity contribution is -0.153. The molecule has 3 aromatic rings. The van der Waals surface area contributed by atoms with Crippen LogP contribution in [0.2, 0.25) is 0 Å². The fourth-order valence-electron chi connectivity index (χ4n) is 4.82. The second kappa shape index (κ2) is 10.1. The van der Waals surface area contributed by atoms with Crippen LogP contribution in [0.5, 0.6) is 5.75 Å². The largest absolute Gasteiger partial charge is 0.464 e. The predicted molar refractivity (Wildman–Crippen MR) is 143 cm³/mol. The number of aromatic nitrogens is 3. The summed E-state index contributed by atoms with van der Waals surface area (Å²) >= 11 is 0. The van der Waals surface area contributed by atoms with Gasteiger partial charge in [0.05, 0.1) is 17.7 Å². The monoisotopic (exact) mass is 575 g/mol. The molecule has 1 saturated carbocycles. The van der Waals surface area contributed by atoms with Gasteiger partial charge in [0.2, 0.25) is 0 Å². The summed E-state index contributed by atoms with van der Waals surface area (Å²) in [5.74, 6) is 0.124. The Bertz CT molecular complexity index is 1450. The number of nitrogens with two attached hydrogens (primary N) is 1. The quantitative estimate of drug-likeness (QED) is 0.205. The second-order valence-corrected chi connectivity index (χ2v) is 13.0. The van der Waals surface area contributed by atoms with Crippen molar-refractivity contribution in [2.75, 3.05) is 18.9 Å². The normalized spacial score (nSPS) is 28.1. The second-order valence-electron chi connectivity index (χ2n) is 11.3. The molecule has 40 heavy (non-hydrogen) atoms. The fraction of sp³-hybridized carbons (Fsp3) is 0.500. The van der Waals surface area contributed by atoms with E-state index in [0.29, 0.717) is 11.2 Å². The first-order chi connectivity index (χ1) is 18.8. The number of nitrogens with one attached hydrogen (secondary N) is 1. The average molecular weight is 576 g/mol. The lowest BCUT2D eigenvalue weighted by Gasteiger charge is -2.26. The maximum absolute atomic E-state index is 13.9. The zero-order chi connectivity index (χ0) is 28.9. The van der Waals surface area contributed by atoms with E-state index in [9.17, 15) is 19.6 Å². The Morgan fingerprint density at radius 2 is 2.02 bits per heavy atom. The molecular weight excluding hydrogens is 541 g/mol. The van der Waals surface area contributed by atoms with E-state index in [1.807, 2.05) is 0 Å². The van der Waals surface area contributed by atoms with Gasteiger partial charge in [-0.3, -0.25) is 9.32 Å². The van der Waals surface area contributed by atoms with Gasteiger partial charge in [-0.25, -0.2) is 19.2 Å². The summed E-state index contributed by atoms with van der Waals surface area (Å²) in [7, 11) is -4.09. The Kier molecular flexibility index (Phi) is 7.18. The van der Waals surface area contributed by atoms with Crippen LogP contribution in [0.3, 0.4) is 0 Å². The summed E-state index contributed by atoms with van der Waals surface area (Å²) in [5, 5.41) is 29.3. The van der Waals surface area contributed by atoms with Crippen molar-refractivity contribution >= 4 is 25.1 Å². The number of nitrogens with zero attached hydrogens (tertiary/aromatic N) is 3. The molecule has 1 aliphatic carbocycles. The van der Waals surface area contributed by atoms with Gasteiger partial charge in [-0.1, -0.05) is 18.2 Å². The molecule has 0 radical (unpaired) electrons. The highest BCUT2D eigenvalue weighted by Gasteiger charge is 2.80. The third-order valence-corrected chi connectivity index (χ3v) is 8.71. The molecule has 2 aromatic heterocycles. The average Bonchev–Trinajstić information content (AvgIpc) is 3.17. The molecule has 2 fully saturated rings. The van der Waals surface area contributed by atoms with Gasteiger partial charge in [0.25, 0.3) is 0 Å². The van der Waals surface area contributed by atoms with E-state index < -0.39 is 48.6 Å². The van der Waals surface area contributed by atoms with E-state index in [4.69, 9.17) is 24.3 Å². The van der Waals surface area contributed by atoms with Crippen LogP contribution in [0.15, 0.2) is 48.8 Å². The first-order valence-electron chi connectivity index (χ1n) is 12.9. The van der Waals surface area contributed by atoms with Crippen LogP contribution in [0, 0.1) is 5.41 Å². The number of hydrogen-bond acceptors (Lipinski definition) is 11. The maximum Gasteiger partial charge on any atom is 0.459 e. The van der Waals surface area contributed by atoms with Crippen molar-refractivity contribution in [3.8, 4) is 5.75 Å². The van der Waals surface area contributed by atoms with E-state index in [2.05, 4.69) is 15.2 Å². The van der Waals surface area contributed by atoms with Gasteiger partial charge in [0.15, 0.2) is 5.82 Å². The van der Waals surface area contributed by atoms with Gasteiger partial charge in [-0.05, 0) is 52.0 Å². The fourth-order valence-corrected chi connectivity index (χ4v) is 6.35. The van der Waals surface area contributed by atoms with E-state index in [0.717, 1.165) is 0 Å².